The van der Waals surface area contributed by atoms with E-state index in [4.69, 9.17) is 10.4 Å². The van der Waals surface area contributed by atoms with E-state index in [0.29, 0.717) is 16.6 Å². The van der Waals surface area contributed by atoms with Gasteiger partial charge >= 0.3 is 5.97 Å². The third-order valence-corrected chi connectivity index (χ3v) is 3.90. The van der Waals surface area contributed by atoms with Gasteiger partial charge in [0.25, 0.3) is 5.91 Å². The molecule has 0 spiro atoms. The van der Waals surface area contributed by atoms with Crippen molar-refractivity contribution in [1.29, 1.82) is 5.26 Å². The van der Waals surface area contributed by atoms with Gasteiger partial charge in [0.1, 0.15) is 12.1 Å². The Morgan fingerprint density at radius 2 is 1.92 bits per heavy atom. The van der Waals surface area contributed by atoms with E-state index < -0.39 is 17.7 Å². The van der Waals surface area contributed by atoms with Crippen LogP contribution in [-0.2, 0) is 11.2 Å². The lowest BCUT2D eigenvalue weighted by atomic mass is 10.1. The molecule has 1 amide bonds. The number of carbonyl (C=O) groups is 3. The summed E-state index contributed by atoms with van der Waals surface area (Å²) >= 11 is 3.19. The Balaban J connectivity index is 2.46. The molecular weight excluding hydrogens is 390 g/mol. The number of hydrogen-bond donors (Lipinski definition) is 2. The van der Waals surface area contributed by atoms with Gasteiger partial charge in [0.05, 0.1) is 11.6 Å². The minimum absolute atomic E-state index is 0.0277. The van der Waals surface area contributed by atoms with E-state index in [0.717, 1.165) is 0 Å². The molecule has 8 heteroatoms. The number of nitrogens with one attached hydrogen (secondary N) is 1. The molecule has 2 aromatic rings. The van der Waals surface area contributed by atoms with Crippen molar-refractivity contribution in [2.24, 2.45) is 0 Å². The zero-order chi connectivity index (χ0) is 18.6. The Morgan fingerprint density at radius 1 is 1.24 bits per heavy atom. The molecule has 25 heavy (non-hydrogen) atoms. The van der Waals surface area contributed by atoms with E-state index in [1.165, 1.54) is 22.9 Å². The first-order valence-electron chi connectivity index (χ1n) is 7.33. The Bertz CT molecular complexity index is 896. The zero-order valence-electron chi connectivity index (χ0n) is 13.2. The number of hydrogen-bond acceptors (Lipinski definition) is 4. The lowest BCUT2D eigenvalue weighted by Crippen LogP contribution is -2.27. The van der Waals surface area contributed by atoms with Gasteiger partial charge < -0.3 is 5.11 Å². The molecule has 128 valence electrons. The highest BCUT2D eigenvalue weighted by Gasteiger charge is 2.19. The van der Waals surface area contributed by atoms with Crippen LogP contribution in [0.4, 0.5) is 0 Å². The molecule has 0 unspecified atom stereocenters. The second-order valence-corrected chi connectivity index (χ2v) is 6.05. The van der Waals surface area contributed by atoms with Crippen LogP contribution in [0, 0.1) is 11.3 Å². The number of benzene rings is 1. The average Bonchev–Trinajstić information content (AvgIpc) is 2.96. The number of nitrogens with zero attached hydrogens (tertiary/aromatic N) is 2. The molecule has 1 aromatic carbocycles. The summed E-state index contributed by atoms with van der Waals surface area (Å²) in [7, 11) is 0. The van der Waals surface area contributed by atoms with Crippen molar-refractivity contribution in [3.8, 4) is 6.07 Å². The van der Waals surface area contributed by atoms with Crippen molar-refractivity contribution in [3.05, 3.63) is 57.3 Å². The van der Waals surface area contributed by atoms with Gasteiger partial charge in [-0.1, -0.05) is 22.9 Å². The van der Waals surface area contributed by atoms with Gasteiger partial charge in [-0.15, -0.1) is 0 Å². The van der Waals surface area contributed by atoms with E-state index >= 15 is 0 Å². The van der Waals surface area contributed by atoms with Crippen molar-refractivity contribution < 1.29 is 19.5 Å². The maximum absolute atomic E-state index is 12.8. The monoisotopic (exact) mass is 403 g/mol. The third kappa shape index (κ3) is 4.14. The summed E-state index contributed by atoms with van der Waals surface area (Å²) in [6.07, 6.45) is 0.216. The van der Waals surface area contributed by atoms with Gasteiger partial charge in [0, 0.05) is 15.7 Å². The minimum Gasteiger partial charge on any atom is -0.478 e. The second-order valence-electron chi connectivity index (χ2n) is 5.13. The molecule has 0 saturated carbocycles. The summed E-state index contributed by atoms with van der Waals surface area (Å²) in [4.78, 5) is 35.7. The number of nitriles is 1. The van der Waals surface area contributed by atoms with E-state index in [9.17, 15) is 14.4 Å². The molecule has 2 N–H and O–H groups in total. The van der Waals surface area contributed by atoms with E-state index in [2.05, 4.69) is 21.4 Å². The molecular formula is C17H14BrN3O4. The summed E-state index contributed by atoms with van der Waals surface area (Å²) in [6.45, 7) is 1.86. The fraction of sp³-hybridized carbons (Fsp3) is 0.176. The maximum Gasteiger partial charge on any atom is 0.335 e. The van der Waals surface area contributed by atoms with E-state index in [1.807, 2.05) is 6.92 Å². The number of rotatable bonds is 6. The van der Waals surface area contributed by atoms with Crippen LogP contribution in [0.1, 0.15) is 45.4 Å². The zero-order valence-corrected chi connectivity index (χ0v) is 14.8. The molecule has 0 atom stereocenters. The van der Waals surface area contributed by atoms with Gasteiger partial charge in [0.15, 0.2) is 0 Å². The first-order valence-corrected chi connectivity index (χ1v) is 8.12. The van der Waals surface area contributed by atoms with Crippen LogP contribution in [0.2, 0.25) is 0 Å². The third-order valence-electron chi connectivity index (χ3n) is 3.44. The molecule has 2 rings (SSSR count). The number of aromatic carboxylic acids is 1. The fourth-order valence-corrected chi connectivity index (χ4v) is 2.79. The molecule has 0 fully saturated rings. The van der Waals surface area contributed by atoms with E-state index in [1.54, 1.807) is 18.2 Å². The number of ketones is 1. The van der Waals surface area contributed by atoms with Gasteiger partial charge in [-0.05, 0) is 36.8 Å². The molecule has 0 aliphatic heterocycles. The Kier molecular flexibility index (Phi) is 5.72. The van der Waals surface area contributed by atoms with Crippen molar-refractivity contribution in [2.75, 3.05) is 5.43 Å². The summed E-state index contributed by atoms with van der Waals surface area (Å²) in [6, 6.07) is 9.16. The van der Waals surface area contributed by atoms with Crippen LogP contribution < -0.4 is 5.43 Å². The molecule has 0 aliphatic rings. The topological polar surface area (TPSA) is 112 Å². The highest BCUT2D eigenvalue weighted by atomic mass is 79.9. The normalized spacial score (nSPS) is 10.1. The van der Waals surface area contributed by atoms with Crippen molar-refractivity contribution in [2.45, 2.75) is 19.8 Å². The first kappa shape index (κ1) is 18.4. The standard InChI is InChI=1S/C17H14BrN3O4/c1-2-13-3-4-14(21(13)20-15(22)5-6-19)16(23)10-7-11(17(24)25)9-12(18)8-10/h3-4,7-9H,2,5H2,1H3,(H,20,22)(H,24,25). The number of carboxylic acid groups (broad SMARTS) is 1. The van der Waals surface area contributed by atoms with Gasteiger partial charge in [0.2, 0.25) is 5.78 Å². The quantitative estimate of drug-likeness (QED) is 0.719. The highest BCUT2D eigenvalue weighted by molar-refractivity contribution is 9.10. The number of halogens is 1. The van der Waals surface area contributed by atoms with Crippen LogP contribution in [-0.4, -0.2) is 27.4 Å². The molecule has 0 aliphatic carbocycles. The van der Waals surface area contributed by atoms with E-state index in [-0.39, 0.29) is 23.2 Å². The second kappa shape index (κ2) is 7.77. The SMILES string of the molecule is CCc1ccc(C(=O)c2cc(Br)cc(C(=O)O)c2)n1NC(=O)CC#N. The van der Waals surface area contributed by atoms with Gasteiger partial charge in [-0.25, -0.2) is 4.79 Å². The largest absolute Gasteiger partial charge is 0.478 e. The summed E-state index contributed by atoms with van der Waals surface area (Å²) in [5.41, 5.74) is 3.52. The van der Waals surface area contributed by atoms with Crippen LogP contribution >= 0.6 is 15.9 Å². The molecule has 1 heterocycles. The number of carboxylic acids is 1. The van der Waals surface area contributed by atoms with Crippen LogP contribution in [0.3, 0.4) is 0 Å². The maximum atomic E-state index is 12.8. The predicted molar refractivity (Wildman–Crippen MR) is 92.9 cm³/mol. The van der Waals surface area contributed by atoms with Gasteiger partial charge in [-0.2, -0.15) is 5.26 Å². The lowest BCUT2D eigenvalue weighted by Gasteiger charge is -2.13. The average molecular weight is 404 g/mol. The lowest BCUT2D eigenvalue weighted by molar-refractivity contribution is -0.116. The smallest absolute Gasteiger partial charge is 0.335 e. The number of aryl methyl sites for hydroxylation is 1. The molecule has 0 saturated heterocycles. The highest BCUT2D eigenvalue weighted by Crippen LogP contribution is 2.20. The van der Waals surface area contributed by atoms with Crippen LogP contribution in [0.15, 0.2) is 34.8 Å². The molecule has 1 aromatic heterocycles. The summed E-state index contributed by atoms with van der Waals surface area (Å²) in [5.74, 6) is -2.13. The van der Waals surface area contributed by atoms with Crippen LogP contribution in [0.25, 0.3) is 0 Å². The molecule has 0 bridgehead atoms. The van der Waals surface area contributed by atoms with Gasteiger partial charge in [-0.3, -0.25) is 19.7 Å². The number of carbonyl (C=O) groups excluding carboxylic acids is 2. The van der Waals surface area contributed by atoms with Crippen molar-refractivity contribution >= 4 is 33.6 Å². The molecule has 7 nitrogen and oxygen atoms in total. The van der Waals surface area contributed by atoms with Crippen molar-refractivity contribution in [3.63, 3.8) is 0 Å². The number of aromatic nitrogens is 1. The predicted octanol–water partition coefficient (Wildman–Crippen LogP) is 2.73. The first-order chi connectivity index (χ1) is 11.9. The fourth-order valence-electron chi connectivity index (χ4n) is 2.29. The van der Waals surface area contributed by atoms with Crippen LogP contribution in [0.5, 0.6) is 0 Å². The Labute approximate surface area is 152 Å². The van der Waals surface area contributed by atoms with Crippen molar-refractivity contribution in [1.82, 2.24) is 4.68 Å². The number of amides is 1. The molecule has 0 radical (unpaired) electrons. The summed E-state index contributed by atoms with van der Waals surface area (Å²) in [5, 5.41) is 17.7. The Hall–Kier alpha value is -2.92. The minimum atomic E-state index is -1.15. The Morgan fingerprint density at radius 3 is 2.52 bits per heavy atom. The summed E-state index contributed by atoms with van der Waals surface area (Å²) < 4.78 is 1.79.